The third-order valence-corrected chi connectivity index (χ3v) is 3.63. The minimum absolute atomic E-state index is 0. The highest BCUT2D eigenvalue weighted by Crippen LogP contribution is 2.16. The number of halogens is 2. The van der Waals surface area contributed by atoms with Crippen LogP contribution in [0, 0.1) is 12.7 Å². The van der Waals surface area contributed by atoms with Gasteiger partial charge in [-0.25, -0.2) is 4.39 Å². The fraction of sp³-hybridized carbons (Fsp3) is 0.316. The van der Waals surface area contributed by atoms with E-state index in [1.54, 1.807) is 26.3 Å². The fourth-order valence-corrected chi connectivity index (χ4v) is 2.47. The van der Waals surface area contributed by atoms with Gasteiger partial charge in [-0.05, 0) is 54.3 Å². The largest absolute Gasteiger partial charge is 0.497 e. The SMILES string of the molecule is CN=C(NCCc1cccc(F)c1)NCc1cc(C)cc(OC)c1.I. The predicted molar refractivity (Wildman–Crippen MR) is 111 cm³/mol. The third kappa shape index (κ3) is 7.29. The maximum absolute atomic E-state index is 13.2. The number of benzene rings is 2. The molecule has 0 spiro atoms. The minimum Gasteiger partial charge on any atom is -0.497 e. The number of hydrogen-bond acceptors (Lipinski definition) is 2. The number of aryl methyl sites for hydroxylation is 1. The second-order valence-corrected chi connectivity index (χ2v) is 5.59. The van der Waals surface area contributed by atoms with Crippen LogP contribution >= 0.6 is 24.0 Å². The summed E-state index contributed by atoms with van der Waals surface area (Å²) >= 11 is 0. The lowest BCUT2D eigenvalue weighted by Gasteiger charge is -2.13. The van der Waals surface area contributed by atoms with Crippen LogP contribution in [0.1, 0.15) is 16.7 Å². The molecule has 0 aliphatic rings. The average Bonchev–Trinajstić information content (AvgIpc) is 2.57. The van der Waals surface area contributed by atoms with Crippen LogP contribution < -0.4 is 15.4 Å². The second kappa shape index (κ2) is 10.9. The van der Waals surface area contributed by atoms with Crippen LogP contribution in [0.2, 0.25) is 0 Å². The molecule has 0 unspecified atom stereocenters. The number of methoxy groups -OCH3 is 1. The van der Waals surface area contributed by atoms with Gasteiger partial charge in [0.25, 0.3) is 0 Å². The van der Waals surface area contributed by atoms with Gasteiger partial charge in [0.2, 0.25) is 0 Å². The van der Waals surface area contributed by atoms with Crippen LogP contribution in [-0.4, -0.2) is 26.7 Å². The van der Waals surface area contributed by atoms with E-state index in [2.05, 4.69) is 21.7 Å². The Morgan fingerprint density at radius 3 is 2.60 bits per heavy atom. The Kier molecular flexibility index (Phi) is 9.26. The quantitative estimate of drug-likeness (QED) is 0.396. The van der Waals surface area contributed by atoms with E-state index in [1.807, 2.05) is 25.1 Å². The van der Waals surface area contributed by atoms with Gasteiger partial charge in [0.15, 0.2) is 5.96 Å². The summed E-state index contributed by atoms with van der Waals surface area (Å²) in [5.74, 6) is 1.36. The number of nitrogens with zero attached hydrogens (tertiary/aromatic N) is 1. The van der Waals surface area contributed by atoms with Crippen molar-refractivity contribution in [1.82, 2.24) is 10.6 Å². The summed E-state index contributed by atoms with van der Waals surface area (Å²) in [6.07, 6.45) is 0.733. The zero-order chi connectivity index (χ0) is 17.4. The highest BCUT2D eigenvalue weighted by Gasteiger charge is 2.02. The van der Waals surface area contributed by atoms with Gasteiger partial charge in [-0.1, -0.05) is 18.2 Å². The minimum atomic E-state index is -0.205. The molecule has 0 radical (unpaired) electrons. The lowest BCUT2D eigenvalue weighted by Crippen LogP contribution is -2.37. The molecule has 0 fully saturated rings. The maximum Gasteiger partial charge on any atom is 0.191 e. The molecule has 2 rings (SSSR count). The number of hydrogen-bond donors (Lipinski definition) is 2. The molecule has 0 saturated heterocycles. The number of guanidine groups is 1. The summed E-state index contributed by atoms with van der Waals surface area (Å²) in [4.78, 5) is 4.21. The van der Waals surface area contributed by atoms with E-state index in [-0.39, 0.29) is 29.8 Å². The number of nitrogens with one attached hydrogen (secondary N) is 2. The van der Waals surface area contributed by atoms with Crippen molar-refractivity contribution in [3.63, 3.8) is 0 Å². The van der Waals surface area contributed by atoms with Crippen LogP contribution in [0.4, 0.5) is 4.39 Å². The molecule has 0 saturated carbocycles. The first-order valence-electron chi connectivity index (χ1n) is 7.94. The summed E-state index contributed by atoms with van der Waals surface area (Å²) < 4.78 is 18.4. The van der Waals surface area contributed by atoms with Crippen LogP contribution in [0.15, 0.2) is 47.5 Å². The van der Waals surface area contributed by atoms with Gasteiger partial charge in [-0.2, -0.15) is 0 Å². The first kappa shape index (κ1) is 21.2. The molecule has 0 bridgehead atoms. The van der Waals surface area contributed by atoms with Gasteiger partial charge < -0.3 is 15.4 Å². The molecular weight excluding hydrogens is 432 g/mol. The molecule has 2 aromatic rings. The number of aliphatic imine (C=N–C) groups is 1. The monoisotopic (exact) mass is 457 g/mol. The van der Waals surface area contributed by atoms with E-state index in [9.17, 15) is 4.39 Å². The van der Waals surface area contributed by atoms with Gasteiger partial charge in [-0.15, -0.1) is 24.0 Å². The number of rotatable bonds is 6. The second-order valence-electron chi connectivity index (χ2n) is 5.59. The molecule has 0 amide bonds. The molecule has 0 heterocycles. The van der Waals surface area contributed by atoms with Crippen molar-refractivity contribution in [2.75, 3.05) is 20.7 Å². The predicted octanol–water partition coefficient (Wildman–Crippen LogP) is 3.67. The Hall–Kier alpha value is -1.83. The topological polar surface area (TPSA) is 45.7 Å². The van der Waals surface area contributed by atoms with Crippen molar-refractivity contribution < 1.29 is 9.13 Å². The fourth-order valence-electron chi connectivity index (χ4n) is 2.47. The molecule has 6 heteroatoms. The van der Waals surface area contributed by atoms with Crippen molar-refractivity contribution in [2.45, 2.75) is 19.9 Å². The third-order valence-electron chi connectivity index (χ3n) is 3.63. The molecule has 0 aromatic heterocycles. The van der Waals surface area contributed by atoms with E-state index in [1.165, 1.54) is 6.07 Å². The zero-order valence-corrected chi connectivity index (χ0v) is 17.1. The Morgan fingerprint density at radius 1 is 1.12 bits per heavy atom. The van der Waals surface area contributed by atoms with Crippen molar-refractivity contribution in [1.29, 1.82) is 0 Å². The standard InChI is InChI=1S/C19H24FN3O.HI/c1-14-9-16(12-18(10-14)24-3)13-23-19(21-2)22-8-7-15-5-4-6-17(20)11-15;/h4-6,9-12H,7-8,13H2,1-3H3,(H2,21,22,23);1H. The molecular formula is C19H25FIN3O. The molecule has 136 valence electrons. The summed E-state index contributed by atoms with van der Waals surface area (Å²) in [5.41, 5.74) is 3.24. The summed E-state index contributed by atoms with van der Waals surface area (Å²) in [6.45, 7) is 3.37. The Labute approximate surface area is 165 Å². The Morgan fingerprint density at radius 2 is 1.92 bits per heavy atom. The van der Waals surface area contributed by atoms with Crippen molar-refractivity contribution in [3.05, 3.63) is 65.0 Å². The smallest absolute Gasteiger partial charge is 0.191 e. The molecule has 25 heavy (non-hydrogen) atoms. The molecule has 4 nitrogen and oxygen atoms in total. The average molecular weight is 457 g/mol. The van der Waals surface area contributed by atoms with Crippen molar-refractivity contribution >= 4 is 29.9 Å². The number of ether oxygens (including phenoxy) is 1. The van der Waals surface area contributed by atoms with Gasteiger partial charge in [0.05, 0.1) is 7.11 Å². The Bertz CT molecular complexity index is 707. The molecule has 0 aliphatic heterocycles. The van der Waals surface area contributed by atoms with Gasteiger partial charge >= 0.3 is 0 Å². The first-order valence-corrected chi connectivity index (χ1v) is 7.94. The first-order chi connectivity index (χ1) is 11.6. The van der Waals surface area contributed by atoms with E-state index in [0.717, 1.165) is 28.9 Å². The van der Waals surface area contributed by atoms with E-state index in [4.69, 9.17) is 4.74 Å². The lowest BCUT2D eigenvalue weighted by atomic mass is 10.1. The van der Waals surface area contributed by atoms with Crippen molar-refractivity contribution in [2.24, 2.45) is 4.99 Å². The molecule has 2 aromatic carbocycles. The van der Waals surface area contributed by atoms with Crippen LogP contribution in [0.5, 0.6) is 5.75 Å². The van der Waals surface area contributed by atoms with Gasteiger partial charge in [-0.3, -0.25) is 4.99 Å². The normalized spacial score (nSPS) is 10.8. The molecule has 2 N–H and O–H groups in total. The van der Waals surface area contributed by atoms with E-state index in [0.29, 0.717) is 19.0 Å². The van der Waals surface area contributed by atoms with Gasteiger partial charge in [0, 0.05) is 20.1 Å². The lowest BCUT2D eigenvalue weighted by molar-refractivity contribution is 0.414. The molecule has 0 aliphatic carbocycles. The van der Waals surface area contributed by atoms with E-state index >= 15 is 0 Å². The van der Waals surface area contributed by atoms with Crippen LogP contribution in [0.3, 0.4) is 0 Å². The van der Waals surface area contributed by atoms with Gasteiger partial charge in [0.1, 0.15) is 11.6 Å². The van der Waals surface area contributed by atoms with Crippen LogP contribution in [-0.2, 0) is 13.0 Å². The highest BCUT2D eigenvalue weighted by atomic mass is 127. The van der Waals surface area contributed by atoms with Crippen molar-refractivity contribution in [3.8, 4) is 5.75 Å². The maximum atomic E-state index is 13.2. The zero-order valence-electron chi connectivity index (χ0n) is 14.8. The van der Waals surface area contributed by atoms with E-state index < -0.39 is 0 Å². The Balaban J connectivity index is 0.00000312. The summed E-state index contributed by atoms with van der Waals surface area (Å²) in [7, 11) is 3.40. The molecule has 0 atom stereocenters. The highest BCUT2D eigenvalue weighted by molar-refractivity contribution is 14.0. The van der Waals surface area contributed by atoms with Crippen LogP contribution in [0.25, 0.3) is 0 Å². The summed E-state index contributed by atoms with van der Waals surface area (Å²) in [5, 5.41) is 6.51. The summed E-state index contributed by atoms with van der Waals surface area (Å²) in [6, 6.07) is 12.7.